The van der Waals surface area contributed by atoms with E-state index in [1.165, 1.54) is 11.1 Å². The molecule has 2 rings (SSSR count). The molecule has 88 valence electrons. The summed E-state index contributed by atoms with van der Waals surface area (Å²) < 4.78 is 0. The highest BCUT2D eigenvalue weighted by Gasteiger charge is 2.01. The number of aliphatic hydroxyl groups excluding tert-OH is 1. The van der Waals surface area contributed by atoms with Crippen molar-refractivity contribution >= 4 is 11.6 Å². The Morgan fingerprint density at radius 3 is 2.35 bits per heavy atom. The van der Waals surface area contributed by atoms with Crippen molar-refractivity contribution in [2.24, 2.45) is 0 Å². The molecule has 1 unspecified atom stereocenters. The lowest BCUT2D eigenvalue weighted by atomic mass is 10.0. The summed E-state index contributed by atoms with van der Waals surface area (Å²) in [5.41, 5.74) is 3.36. The van der Waals surface area contributed by atoms with E-state index in [9.17, 15) is 5.11 Å². The SMILES string of the molecule is CC(O)c1ccc(Cc2cccc(Cl)c2)cc1. The van der Waals surface area contributed by atoms with Crippen LogP contribution >= 0.6 is 11.6 Å². The minimum absolute atomic E-state index is 0.407. The van der Waals surface area contributed by atoms with Gasteiger partial charge in [0.2, 0.25) is 0 Å². The number of halogens is 1. The van der Waals surface area contributed by atoms with Crippen molar-refractivity contribution in [3.05, 3.63) is 70.2 Å². The quantitative estimate of drug-likeness (QED) is 0.869. The van der Waals surface area contributed by atoms with E-state index in [-0.39, 0.29) is 0 Å². The van der Waals surface area contributed by atoms with Crippen LogP contribution in [0.2, 0.25) is 5.02 Å². The second kappa shape index (κ2) is 5.35. The number of aliphatic hydroxyl groups is 1. The number of rotatable bonds is 3. The van der Waals surface area contributed by atoms with E-state index in [2.05, 4.69) is 6.07 Å². The van der Waals surface area contributed by atoms with Gasteiger partial charge in [-0.2, -0.15) is 0 Å². The molecule has 17 heavy (non-hydrogen) atoms. The third-order valence-electron chi connectivity index (χ3n) is 2.76. The smallest absolute Gasteiger partial charge is 0.0761 e. The summed E-state index contributed by atoms with van der Waals surface area (Å²) in [4.78, 5) is 0. The van der Waals surface area contributed by atoms with E-state index >= 15 is 0 Å². The zero-order chi connectivity index (χ0) is 12.3. The Kier molecular flexibility index (Phi) is 3.82. The van der Waals surface area contributed by atoms with Crippen LogP contribution in [0.15, 0.2) is 48.5 Å². The van der Waals surface area contributed by atoms with Crippen LogP contribution in [-0.2, 0) is 6.42 Å². The lowest BCUT2D eigenvalue weighted by Gasteiger charge is -2.06. The Morgan fingerprint density at radius 1 is 1.06 bits per heavy atom. The lowest BCUT2D eigenvalue weighted by Crippen LogP contribution is -1.92. The first-order chi connectivity index (χ1) is 8.15. The van der Waals surface area contributed by atoms with E-state index in [0.29, 0.717) is 0 Å². The summed E-state index contributed by atoms with van der Waals surface area (Å²) in [6.45, 7) is 1.77. The maximum Gasteiger partial charge on any atom is 0.0761 e. The van der Waals surface area contributed by atoms with Gasteiger partial charge in [-0.05, 0) is 42.2 Å². The van der Waals surface area contributed by atoms with Crippen LogP contribution in [-0.4, -0.2) is 5.11 Å². The van der Waals surface area contributed by atoms with Crippen LogP contribution in [0.5, 0.6) is 0 Å². The van der Waals surface area contributed by atoms with Gasteiger partial charge in [-0.3, -0.25) is 0 Å². The fourth-order valence-electron chi connectivity index (χ4n) is 1.80. The molecule has 0 saturated carbocycles. The molecule has 0 amide bonds. The number of benzene rings is 2. The van der Waals surface area contributed by atoms with Gasteiger partial charge in [-0.1, -0.05) is 48.0 Å². The molecule has 0 radical (unpaired) electrons. The van der Waals surface area contributed by atoms with Gasteiger partial charge < -0.3 is 5.11 Å². The van der Waals surface area contributed by atoms with Crippen molar-refractivity contribution in [3.63, 3.8) is 0 Å². The Labute approximate surface area is 107 Å². The molecular formula is C15H15ClO. The van der Waals surface area contributed by atoms with Crippen LogP contribution in [0.25, 0.3) is 0 Å². The molecule has 1 nitrogen and oxygen atoms in total. The summed E-state index contributed by atoms with van der Waals surface area (Å²) in [5.74, 6) is 0. The van der Waals surface area contributed by atoms with Crippen molar-refractivity contribution in [1.82, 2.24) is 0 Å². The molecule has 1 N–H and O–H groups in total. The third kappa shape index (κ3) is 3.32. The van der Waals surface area contributed by atoms with E-state index in [1.807, 2.05) is 42.5 Å². The molecule has 2 heteroatoms. The monoisotopic (exact) mass is 246 g/mol. The summed E-state index contributed by atoms with van der Waals surface area (Å²) in [6, 6.07) is 15.9. The van der Waals surface area contributed by atoms with E-state index < -0.39 is 6.10 Å². The van der Waals surface area contributed by atoms with E-state index in [0.717, 1.165) is 17.0 Å². The van der Waals surface area contributed by atoms with Gasteiger partial charge in [0, 0.05) is 5.02 Å². The molecule has 2 aromatic carbocycles. The summed E-state index contributed by atoms with van der Waals surface area (Å²) in [5, 5.41) is 10.2. The third-order valence-corrected chi connectivity index (χ3v) is 2.99. The molecule has 0 aromatic heterocycles. The highest BCUT2D eigenvalue weighted by atomic mass is 35.5. The zero-order valence-electron chi connectivity index (χ0n) is 9.73. The molecule has 0 bridgehead atoms. The Hall–Kier alpha value is -1.31. The van der Waals surface area contributed by atoms with Crippen LogP contribution in [0.1, 0.15) is 29.7 Å². The van der Waals surface area contributed by atoms with Crippen LogP contribution in [0.3, 0.4) is 0 Å². The average molecular weight is 247 g/mol. The van der Waals surface area contributed by atoms with Gasteiger partial charge in [0.25, 0.3) is 0 Å². The van der Waals surface area contributed by atoms with Crippen molar-refractivity contribution in [3.8, 4) is 0 Å². The van der Waals surface area contributed by atoms with Crippen molar-refractivity contribution < 1.29 is 5.11 Å². The molecule has 1 atom stereocenters. The summed E-state index contributed by atoms with van der Waals surface area (Å²) in [6.07, 6.45) is 0.455. The minimum Gasteiger partial charge on any atom is -0.389 e. The van der Waals surface area contributed by atoms with Crippen LogP contribution in [0.4, 0.5) is 0 Å². The second-order valence-corrected chi connectivity index (χ2v) is 4.66. The van der Waals surface area contributed by atoms with Crippen molar-refractivity contribution in [2.45, 2.75) is 19.4 Å². The molecule has 0 aliphatic heterocycles. The van der Waals surface area contributed by atoms with E-state index in [4.69, 9.17) is 11.6 Å². The largest absolute Gasteiger partial charge is 0.389 e. The van der Waals surface area contributed by atoms with Crippen molar-refractivity contribution in [2.75, 3.05) is 0 Å². The van der Waals surface area contributed by atoms with Crippen molar-refractivity contribution in [1.29, 1.82) is 0 Å². The van der Waals surface area contributed by atoms with Gasteiger partial charge in [-0.15, -0.1) is 0 Å². The molecule has 0 saturated heterocycles. The predicted octanol–water partition coefficient (Wildman–Crippen LogP) is 3.98. The Morgan fingerprint density at radius 2 is 1.76 bits per heavy atom. The standard InChI is InChI=1S/C15H15ClO/c1-11(17)14-7-5-12(6-8-14)9-13-3-2-4-15(16)10-13/h2-8,10-11,17H,9H2,1H3. The molecule has 0 spiro atoms. The molecular weight excluding hydrogens is 232 g/mol. The first-order valence-corrected chi connectivity index (χ1v) is 6.04. The minimum atomic E-state index is -0.407. The maximum absolute atomic E-state index is 9.42. The molecule has 0 aliphatic carbocycles. The molecule has 0 aliphatic rings. The van der Waals surface area contributed by atoms with Crippen LogP contribution < -0.4 is 0 Å². The fraction of sp³-hybridized carbons (Fsp3) is 0.200. The van der Waals surface area contributed by atoms with Crippen LogP contribution in [0, 0.1) is 0 Å². The Balaban J connectivity index is 2.14. The summed E-state index contributed by atoms with van der Waals surface area (Å²) in [7, 11) is 0. The first-order valence-electron chi connectivity index (χ1n) is 5.66. The summed E-state index contributed by atoms with van der Waals surface area (Å²) >= 11 is 5.94. The Bertz CT molecular complexity index is 489. The zero-order valence-corrected chi connectivity index (χ0v) is 10.5. The predicted molar refractivity (Wildman–Crippen MR) is 71.3 cm³/mol. The average Bonchev–Trinajstić information content (AvgIpc) is 2.29. The molecule has 0 heterocycles. The van der Waals surface area contributed by atoms with Gasteiger partial charge in [0.1, 0.15) is 0 Å². The number of hydrogen-bond donors (Lipinski definition) is 1. The van der Waals surface area contributed by atoms with Gasteiger partial charge >= 0.3 is 0 Å². The van der Waals surface area contributed by atoms with E-state index in [1.54, 1.807) is 6.92 Å². The lowest BCUT2D eigenvalue weighted by molar-refractivity contribution is 0.199. The van der Waals surface area contributed by atoms with Gasteiger partial charge in [0.15, 0.2) is 0 Å². The number of hydrogen-bond acceptors (Lipinski definition) is 1. The molecule has 2 aromatic rings. The second-order valence-electron chi connectivity index (χ2n) is 4.22. The first kappa shape index (κ1) is 12.2. The normalized spacial score (nSPS) is 12.4. The van der Waals surface area contributed by atoms with Gasteiger partial charge in [-0.25, -0.2) is 0 Å². The topological polar surface area (TPSA) is 20.2 Å². The fourth-order valence-corrected chi connectivity index (χ4v) is 2.01. The highest BCUT2D eigenvalue weighted by molar-refractivity contribution is 6.30. The molecule has 0 fully saturated rings. The van der Waals surface area contributed by atoms with Gasteiger partial charge in [0.05, 0.1) is 6.10 Å². The highest BCUT2D eigenvalue weighted by Crippen LogP contribution is 2.17. The maximum atomic E-state index is 9.42.